The first-order chi connectivity index (χ1) is 13.2. The number of nitrogens with zero attached hydrogens (tertiary/aromatic N) is 2. The third-order valence-corrected chi connectivity index (χ3v) is 4.35. The van der Waals surface area contributed by atoms with Gasteiger partial charge in [0.25, 0.3) is 0 Å². The summed E-state index contributed by atoms with van der Waals surface area (Å²) >= 11 is 6.27. The van der Waals surface area contributed by atoms with Gasteiger partial charge >= 0.3 is 0 Å². The highest BCUT2D eigenvalue weighted by Gasteiger charge is 2.06. The Morgan fingerprint density at radius 3 is 2.63 bits per heavy atom. The van der Waals surface area contributed by atoms with Crippen LogP contribution in [0.4, 0.5) is 0 Å². The van der Waals surface area contributed by atoms with E-state index >= 15 is 0 Å². The molecule has 0 saturated carbocycles. The summed E-state index contributed by atoms with van der Waals surface area (Å²) < 4.78 is 0. The van der Waals surface area contributed by atoms with Crippen LogP contribution in [0.25, 0.3) is 11.1 Å². The molecule has 1 aromatic heterocycles. The molecule has 0 amide bonds. The summed E-state index contributed by atoms with van der Waals surface area (Å²) in [6.45, 7) is 2.75. The van der Waals surface area contributed by atoms with Crippen molar-refractivity contribution in [2.45, 2.75) is 13.5 Å². The molecule has 5 heteroatoms. The van der Waals surface area contributed by atoms with Gasteiger partial charge in [0.1, 0.15) is 6.29 Å². The maximum Gasteiger partial charge on any atom is 0.154 e. The molecule has 4 nitrogen and oxygen atoms in total. The highest BCUT2D eigenvalue weighted by molar-refractivity contribution is 6.31. The molecule has 1 heterocycles. The summed E-state index contributed by atoms with van der Waals surface area (Å²) in [5.41, 5.74) is 5.43. The van der Waals surface area contributed by atoms with E-state index in [1.165, 1.54) is 0 Å². The second-order valence-corrected chi connectivity index (χ2v) is 6.33. The van der Waals surface area contributed by atoms with Crippen molar-refractivity contribution in [1.82, 2.24) is 15.5 Å². The van der Waals surface area contributed by atoms with Crippen LogP contribution in [-0.4, -0.2) is 23.0 Å². The number of hydrogen-bond acceptors (Lipinski definition) is 4. The normalized spacial score (nSPS) is 10.1. The predicted octanol–water partition coefficient (Wildman–Crippen LogP) is 3.79. The molecule has 0 aliphatic rings. The molecular weight excluding hydrogens is 358 g/mol. The Morgan fingerprint density at radius 2 is 1.89 bits per heavy atom. The summed E-state index contributed by atoms with van der Waals surface area (Å²) in [5.74, 6) is 6.16. The molecular formula is C22H18ClN3O. The van der Waals surface area contributed by atoms with Gasteiger partial charge in [-0.2, -0.15) is 5.10 Å². The largest absolute Gasteiger partial charge is 0.305 e. The molecule has 0 saturated heterocycles. The van der Waals surface area contributed by atoms with Gasteiger partial charge in [-0.15, -0.1) is 5.10 Å². The lowest BCUT2D eigenvalue weighted by Gasteiger charge is -2.07. The van der Waals surface area contributed by atoms with Crippen LogP contribution < -0.4 is 5.32 Å². The number of rotatable bonds is 5. The minimum atomic E-state index is 0.262. The van der Waals surface area contributed by atoms with E-state index < -0.39 is 0 Å². The maximum absolute atomic E-state index is 10.3. The molecule has 2 aromatic carbocycles. The van der Waals surface area contributed by atoms with Gasteiger partial charge in [0.05, 0.1) is 17.3 Å². The van der Waals surface area contributed by atoms with Crippen molar-refractivity contribution in [2.24, 2.45) is 0 Å². The van der Waals surface area contributed by atoms with E-state index in [2.05, 4.69) is 52.5 Å². The quantitative estimate of drug-likeness (QED) is 0.418. The SMILES string of the molecule is Cc1c(C#Cc2nnc(CNCC=O)cc2Cl)cccc1-c1ccccc1. The Hall–Kier alpha value is -3.00. The number of benzene rings is 2. The van der Waals surface area contributed by atoms with Gasteiger partial charge in [-0.1, -0.05) is 60.0 Å². The standard InChI is InChI=1S/C22H18ClN3O/c1-16-17(8-5-9-20(16)18-6-3-2-4-7-18)10-11-22-21(23)14-19(25-26-22)15-24-12-13-27/h2-9,13-14,24H,12,15H2,1H3. The first-order valence-electron chi connectivity index (χ1n) is 8.52. The number of carbonyl (C=O) groups is 1. The Morgan fingerprint density at radius 1 is 1.07 bits per heavy atom. The van der Waals surface area contributed by atoms with Crippen molar-refractivity contribution in [1.29, 1.82) is 0 Å². The Balaban J connectivity index is 1.85. The Bertz CT molecular complexity index is 1010. The van der Waals surface area contributed by atoms with E-state index in [-0.39, 0.29) is 6.54 Å². The molecule has 0 atom stereocenters. The minimum Gasteiger partial charge on any atom is -0.305 e. The first kappa shape index (κ1) is 18.8. The van der Waals surface area contributed by atoms with Gasteiger partial charge in [-0.05, 0) is 41.7 Å². The number of hydrogen-bond donors (Lipinski definition) is 1. The van der Waals surface area contributed by atoms with Gasteiger partial charge in [0.15, 0.2) is 5.69 Å². The van der Waals surface area contributed by atoms with Crippen molar-refractivity contribution >= 4 is 17.9 Å². The first-order valence-corrected chi connectivity index (χ1v) is 8.90. The Kier molecular flexibility index (Phi) is 6.32. The van der Waals surface area contributed by atoms with Crippen molar-refractivity contribution in [3.05, 3.63) is 82.1 Å². The van der Waals surface area contributed by atoms with Gasteiger partial charge in [0.2, 0.25) is 0 Å². The van der Waals surface area contributed by atoms with Crippen LogP contribution in [0, 0.1) is 18.8 Å². The molecule has 27 heavy (non-hydrogen) atoms. The molecule has 0 unspecified atom stereocenters. The fourth-order valence-electron chi connectivity index (χ4n) is 2.66. The van der Waals surface area contributed by atoms with Crippen LogP contribution in [-0.2, 0) is 11.3 Å². The van der Waals surface area contributed by atoms with Crippen LogP contribution in [0.2, 0.25) is 5.02 Å². The van der Waals surface area contributed by atoms with E-state index in [1.807, 2.05) is 30.3 Å². The minimum absolute atomic E-state index is 0.262. The van der Waals surface area contributed by atoms with Crippen molar-refractivity contribution < 1.29 is 4.79 Å². The smallest absolute Gasteiger partial charge is 0.154 e. The summed E-state index contributed by atoms with van der Waals surface area (Å²) in [6.07, 6.45) is 0.792. The fraction of sp³-hybridized carbons (Fsp3) is 0.136. The lowest BCUT2D eigenvalue weighted by molar-refractivity contribution is -0.107. The molecule has 0 fully saturated rings. The van der Waals surface area contributed by atoms with Crippen LogP contribution in [0.5, 0.6) is 0 Å². The number of aromatic nitrogens is 2. The second kappa shape index (κ2) is 9.09. The van der Waals surface area contributed by atoms with E-state index in [0.717, 1.165) is 28.5 Å². The van der Waals surface area contributed by atoms with E-state index in [0.29, 0.717) is 23.0 Å². The molecule has 0 aliphatic carbocycles. The zero-order chi connectivity index (χ0) is 19.1. The molecule has 0 radical (unpaired) electrons. The van der Waals surface area contributed by atoms with Gasteiger partial charge in [0, 0.05) is 12.1 Å². The van der Waals surface area contributed by atoms with Crippen LogP contribution in [0.1, 0.15) is 22.5 Å². The molecule has 134 valence electrons. The molecule has 0 aliphatic heterocycles. The lowest BCUT2D eigenvalue weighted by Crippen LogP contribution is -2.16. The summed E-state index contributed by atoms with van der Waals surface area (Å²) in [5, 5.41) is 11.6. The summed E-state index contributed by atoms with van der Waals surface area (Å²) in [7, 11) is 0. The molecule has 3 rings (SSSR count). The fourth-order valence-corrected chi connectivity index (χ4v) is 2.87. The molecule has 3 aromatic rings. The van der Waals surface area contributed by atoms with E-state index in [9.17, 15) is 4.79 Å². The van der Waals surface area contributed by atoms with Crippen LogP contribution in [0.15, 0.2) is 54.6 Å². The third-order valence-electron chi connectivity index (χ3n) is 4.07. The zero-order valence-electron chi connectivity index (χ0n) is 14.9. The topological polar surface area (TPSA) is 54.9 Å². The highest BCUT2D eigenvalue weighted by Crippen LogP contribution is 2.25. The lowest BCUT2D eigenvalue weighted by atomic mass is 9.97. The molecule has 1 N–H and O–H groups in total. The van der Waals surface area contributed by atoms with Crippen LogP contribution >= 0.6 is 11.6 Å². The van der Waals surface area contributed by atoms with E-state index in [1.54, 1.807) is 6.07 Å². The maximum atomic E-state index is 10.3. The monoisotopic (exact) mass is 375 g/mol. The zero-order valence-corrected chi connectivity index (χ0v) is 15.6. The summed E-state index contributed by atoms with van der Waals surface area (Å²) in [6, 6.07) is 18.0. The number of halogens is 1. The van der Waals surface area contributed by atoms with Gasteiger partial charge < -0.3 is 10.1 Å². The van der Waals surface area contributed by atoms with Crippen LogP contribution in [0.3, 0.4) is 0 Å². The Labute approximate surface area is 163 Å². The second-order valence-electron chi connectivity index (χ2n) is 5.92. The average Bonchev–Trinajstić information content (AvgIpc) is 2.69. The van der Waals surface area contributed by atoms with Gasteiger partial charge in [-0.3, -0.25) is 0 Å². The predicted molar refractivity (Wildman–Crippen MR) is 107 cm³/mol. The number of nitrogens with one attached hydrogen (secondary N) is 1. The molecule has 0 spiro atoms. The van der Waals surface area contributed by atoms with E-state index in [4.69, 9.17) is 11.6 Å². The summed E-state index contributed by atoms with van der Waals surface area (Å²) in [4.78, 5) is 10.3. The number of aldehydes is 1. The van der Waals surface area contributed by atoms with Crippen molar-refractivity contribution in [3.8, 4) is 23.0 Å². The van der Waals surface area contributed by atoms with Gasteiger partial charge in [-0.25, -0.2) is 0 Å². The van der Waals surface area contributed by atoms with Crippen molar-refractivity contribution in [2.75, 3.05) is 6.54 Å². The molecule has 0 bridgehead atoms. The average molecular weight is 376 g/mol. The highest BCUT2D eigenvalue weighted by atomic mass is 35.5. The van der Waals surface area contributed by atoms with Crippen molar-refractivity contribution in [3.63, 3.8) is 0 Å². The number of carbonyl (C=O) groups excluding carboxylic acids is 1. The third kappa shape index (κ3) is 4.79.